The Labute approximate surface area is 198 Å². The van der Waals surface area contributed by atoms with Crippen LogP contribution in [0.3, 0.4) is 0 Å². The minimum atomic E-state index is -0.413. The normalized spacial score (nSPS) is 11.0. The standard InChI is InChI=1S/C23H20ClFN4OS2/c1-3-9-29-21(12-30-20-8-7-17(25)11-19(20)24)27-28-23(29)32-14-18-13-31-22(26-18)16-6-4-5-15(2)10-16/h3-8,10-11,13H,1,9,12,14H2,2H3. The first-order chi connectivity index (χ1) is 15.5. The van der Waals surface area contributed by atoms with Gasteiger partial charge in [-0.15, -0.1) is 28.1 Å². The maximum absolute atomic E-state index is 13.2. The lowest BCUT2D eigenvalue weighted by atomic mass is 10.1. The molecule has 0 saturated carbocycles. The van der Waals surface area contributed by atoms with Gasteiger partial charge in [0.15, 0.2) is 11.0 Å². The van der Waals surface area contributed by atoms with Crippen molar-refractivity contribution >= 4 is 34.7 Å². The summed E-state index contributed by atoms with van der Waals surface area (Å²) in [7, 11) is 0. The van der Waals surface area contributed by atoms with Crippen LogP contribution in [-0.4, -0.2) is 19.7 Å². The zero-order valence-electron chi connectivity index (χ0n) is 17.3. The molecule has 0 fully saturated rings. The van der Waals surface area contributed by atoms with Crippen LogP contribution in [0.1, 0.15) is 17.1 Å². The molecule has 0 aliphatic rings. The molecule has 2 heterocycles. The van der Waals surface area contributed by atoms with E-state index in [1.54, 1.807) is 29.2 Å². The summed E-state index contributed by atoms with van der Waals surface area (Å²) in [6, 6.07) is 12.3. The van der Waals surface area contributed by atoms with E-state index in [0.29, 0.717) is 23.9 Å². The number of benzene rings is 2. The second kappa shape index (κ2) is 10.3. The molecule has 0 amide bonds. The van der Waals surface area contributed by atoms with E-state index < -0.39 is 5.82 Å². The van der Waals surface area contributed by atoms with Gasteiger partial charge in [0.1, 0.15) is 23.2 Å². The zero-order chi connectivity index (χ0) is 22.5. The van der Waals surface area contributed by atoms with Gasteiger partial charge in [-0.3, -0.25) is 4.57 Å². The molecule has 0 spiro atoms. The first-order valence-electron chi connectivity index (χ1n) is 9.78. The van der Waals surface area contributed by atoms with Crippen molar-refractivity contribution in [2.75, 3.05) is 0 Å². The molecule has 9 heteroatoms. The van der Waals surface area contributed by atoms with Crippen LogP contribution in [0, 0.1) is 12.7 Å². The summed E-state index contributed by atoms with van der Waals surface area (Å²) in [6.45, 7) is 6.59. The quantitative estimate of drug-likeness (QED) is 0.198. The van der Waals surface area contributed by atoms with E-state index >= 15 is 0 Å². The van der Waals surface area contributed by atoms with Crippen LogP contribution >= 0.6 is 34.7 Å². The van der Waals surface area contributed by atoms with Crippen LogP contribution < -0.4 is 4.74 Å². The highest BCUT2D eigenvalue weighted by atomic mass is 35.5. The predicted octanol–water partition coefficient (Wildman–Crippen LogP) is 6.56. The first-order valence-corrected chi connectivity index (χ1v) is 12.0. The number of hydrogen-bond acceptors (Lipinski definition) is 6. The lowest BCUT2D eigenvalue weighted by Gasteiger charge is -2.10. The van der Waals surface area contributed by atoms with Gasteiger partial charge in [0.05, 0.1) is 10.7 Å². The molecule has 0 N–H and O–H groups in total. The minimum absolute atomic E-state index is 0.154. The van der Waals surface area contributed by atoms with E-state index in [1.807, 2.05) is 10.6 Å². The monoisotopic (exact) mass is 486 g/mol. The second-order valence-electron chi connectivity index (χ2n) is 6.96. The predicted molar refractivity (Wildman–Crippen MR) is 128 cm³/mol. The van der Waals surface area contributed by atoms with Crippen molar-refractivity contribution in [3.63, 3.8) is 0 Å². The fraction of sp³-hybridized carbons (Fsp3) is 0.174. The van der Waals surface area contributed by atoms with Gasteiger partial charge in [-0.25, -0.2) is 9.37 Å². The van der Waals surface area contributed by atoms with E-state index in [0.717, 1.165) is 21.4 Å². The van der Waals surface area contributed by atoms with E-state index in [1.165, 1.54) is 23.8 Å². The topological polar surface area (TPSA) is 52.8 Å². The molecule has 164 valence electrons. The van der Waals surface area contributed by atoms with Crippen molar-refractivity contribution in [3.05, 3.63) is 88.4 Å². The number of thioether (sulfide) groups is 1. The van der Waals surface area contributed by atoms with Crippen molar-refractivity contribution in [1.29, 1.82) is 0 Å². The van der Waals surface area contributed by atoms with E-state index in [4.69, 9.17) is 21.3 Å². The largest absolute Gasteiger partial charge is 0.484 e. The molecule has 0 aliphatic carbocycles. The van der Waals surface area contributed by atoms with E-state index in [-0.39, 0.29) is 11.6 Å². The van der Waals surface area contributed by atoms with Gasteiger partial charge in [-0.2, -0.15) is 0 Å². The van der Waals surface area contributed by atoms with Crippen molar-refractivity contribution in [1.82, 2.24) is 19.7 Å². The van der Waals surface area contributed by atoms with Crippen LogP contribution in [0.4, 0.5) is 4.39 Å². The fourth-order valence-electron chi connectivity index (χ4n) is 3.00. The highest BCUT2D eigenvalue weighted by Gasteiger charge is 2.14. The van der Waals surface area contributed by atoms with Crippen LogP contribution in [0.15, 0.2) is 65.7 Å². The number of nitrogens with zero attached hydrogens (tertiary/aromatic N) is 4. The molecular formula is C23H20ClFN4OS2. The number of rotatable bonds is 9. The van der Waals surface area contributed by atoms with E-state index in [2.05, 4.69) is 47.3 Å². The van der Waals surface area contributed by atoms with Gasteiger partial charge in [-0.1, -0.05) is 53.2 Å². The summed E-state index contributed by atoms with van der Waals surface area (Å²) in [6.07, 6.45) is 1.78. The minimum Gasteiger partial charge on any atom is -0.484 e. The van der Waals surface area contributed by atoms with Gasteiger partial charge in [-0.05, 0) is 31.2 Å². The number of hydrogen-bond donors (Lipinski definition) is 0. The molecule has 4 rings (SSSR count). The lowest BCUT2D eigenvalue weighted by Crippen LogP contribution is -2.07. The first kappa shape index (κ1) is 22.5. The highest BCUT2D eigenvalue weighted by molar-refractivity contribution is 7.98. The summed E-state index contributed by atoms with van der Waals surface area (Å²) in [4.78, 5) is 4.76. The van der Waals surface area contributed by atoms with Crippen LogP contribution in [0.2, 0.25) is 5.02 Å². The molecule has 0 bridgehead atoms. The molecule has 5 nitrogen and oxygen atoms in total. The van der Waals surface area contributed by atoms with Crippen molar-refractivity contribution in [2.45, 2.75) is 31.0 Å². The molecule has 4 aromatic rings. The van der Waals surface area contributed by atoms with Gasteiger partial charge in [0.25, 0.3) is 0 Å². The average Bonchev–Trinajstić information content (AvgIpc) is 3.39. The molecule has 0 aliphatic heterocycles. The number of halogens is 2. The van der Waals surface area contributed by atoms with E-state index in [9.17, 15) is 4.39 Å². The zero-order valence-corrected chi connectivity index (χ0v) is 19.7. The fourth-order valence-corrected chi connectivity index (χ4v) is 5.01. The molecule has 0 radical (unpaired) electrons. The third-order valence-corrected chi connectivity index (χ3v) is 6.76. The van der Waals surface area contributed by atoms with Gasteiger partial charge in [0.2, 0.25) is 0 Å². The Morgan fingerprint density at radius 2 is 2.12 bits per heavy atom. The lowest BCUT2D eigenvalue weighted by molar-refractivity contribution is 0.289. The van der Waals surface area contributed by atoms with Crippen LogP contribution in [0.25, 0.3) is 10.6 Å². The Hall–Kier alpha value is -2.68. The Morgan fingerprint density at radius 3 is 2.91 bits per heavy atom. The van der Waals surface area contributed by atoms with Gasteiger partial charge >= 0.3 is 0 Å². The van der Waals surface area contributed by atoms with Crippen LogP contribution in [-0.2, 0) is 18.9 Å². The molecule has 0 atom stereocenters. The third kappa shape index (κ3) is 5.38. The average molecular weight is 487 g/mol. The van der Waals surface area contributed by atoms with Crippen molar-refractivity contribution in [2.24, 2.45) is 0 Å². The Balaban J connectivity index is 1.44. The molecule has 2 aromatic carbocycles. The van der Waals surface area contributed by atoms with Gasteiger partial charge in [0, 0.05) is 23.2 Å². The second-order valence-corrected chi connectivity index (χ2v) is 9.17. The Kier molecular flexibility index (Phi) is 7.24. The molecule has 32 heavy (non-hydrogen) atoms. The number of thiazole rings is 1. The summed E-state index contributed by atoms with van der Waals surface area (Å²) in [5.41, 5.74) is 3.32. The SMILES string of the molecule is C=CCn1c(COc2ccc(F)cc2Cl)nnc1SCc1csc(-c2cccc(C)c2)n1. The van der Waals surface area contributed by atoms with Crippen molar-refractivity contribution < 1.29 is 9.13 Å². The number of allylic oxidation sites excluding steroid dienone is 1. The van der Waals surface area contributed by atoms with Crippen LogP contribution in [0.5, 0.6) is 5.75 Å². The van der Waals surface area contributed by atoms with Gasteiger partial charge < -0.3 is 4.74 Å². The third-order valence-electron chi connectivity index (χ3n) is 4.52. The number of ether oxygens (including phenoxy) is 1. The molecular weight excluding hydrogens is 467 g/mol. The van der Waals surface area contributed by atoms with Crippen molar-refractivity contribution in [3.8, 4) is 16.3 Å². The smallest absolute Gasteiger partial charge is 0.191 e. The number of aromatic nitrogens is 4. The maximum atomic E-state index is 13.2. The Morgan fingerprint density at radius 1 is 1.25 bits per heavy atom. The molecule has 0 unspecified atom stereocenters. The highest BCUT2D eigenvalue weighted by Crippen LogP contribution is 2.29. The molecule has 2 aromatic heterocycles. The molecule has 0 saturated heterocycles. The Bertz CT molecular complexity index is 1240. The summed E-state index contributed by atoms with van der Waals surface area (Å²) >= 11 is 9.23. The maximum Gasteiger partial charge on any atom is 0.191 e. The summed E-state index contributed by atoms with van der Waals surface area (Å²) < 4.78 is 20.9. The number of aryl methyl sites for hydroxylation is 1. The summed E-state index contributed by atoms with van der Waals surface area (Å²) in [5.74, 6) is 1.28. The summed E-state index contributed by atoms with van der Waals surface area (Å²) in [5, 5.41) is 12.6.